The normalized spacial score (nSPS) is 19.7. The molecule has 1 saturated heterocycles. The minimum Gasteiger partial charge on any atom is -0.496 e. The number of benzene rings is 1. The summed E-state index contributed by atoms with van der Waals surface area (Å²) in [5.41, 5.74) is 2.56. The zero-order valence-corrected chi connectivity index (χ0v) is 13.7. The SMILES string of the molecule is CCCNC(CCC1CCCO1)c1cc(C)ccc1OC. The van der Waals surface area contributed by atoms with Crippen LogP contribution in [0, 0.1) is 6.92 Å². The Morgan fingerprint density at radius 2 is 2.29 bits per heavy atom. The molecule has 0 aliphatic carbocycles. The van der Waals surface area contributed by atoms with Gasteiger partial charge in [0.15, 0.2) is 0 Å². The van der Waals surface area contributed by atoms with E-state index in [1.165, 1.54) is 24.0 Å². The van der Waals surface area contributed by atoms with E-state index in [1.54, 1.807) is 7.11 Å². The van der Waals surface area contributed by atoms with Gasteiger partial charge in [0.2, 0.25) is 0 Å². The van der Waals surface area contributed by atoms with Gasteiger partial charge in [0.1, 0.15) is 5.75 Å². The second-order valence-electron chi connectivity index (χ2n) is 5.96. The number of rotatable bonds is 8. The lowest BCUT2D eigenvalue weighted by Gasteiger charge is -2.23. The molecule has 2 rings (SSSR count). The van der Waals surface area contributed by atoms with Gasteiger partial charge < -0.3 is 14.8 Å². The monoisotopic (exact) mass is 291 g/mol. The first kappa shape index (κ1) is 16.3. The van der Waals surface area contributed by atoms with Gasteiger partial charge in [-0.2, -0.15) is 0 Å². The molecule has 3 nitrogen and oxygen atoms in total. The molecule has 0 aromatic heterocycles. The van der Waals surface area contributed by atoms with E-state index in [1.807, 2.05) is 0 Å². The zero-order valence-electron chi connectivity index (χ0n) is 13.7. The van der Waals surface area contributed by atoms with Gasteiger partial charge >= 0.3 is 0 Å². The number of hydrogen-bond acceptors (Lipinski definition) is 3. The summed E-state index contributed by atoms with van der Waals surface area (Å²) in [4.78, 5) is 0. The third-order valence-electron chi connectivity index (χ3n) is 4.20. The second-order valence-corrected chi connectivity index (χ2v) is 5.96. The van der Waals surface area contributed by atoms with Crippen molar-refractivity contribution in [2.75, 3.05) is 20.3 Å². The molecule has 1 aromatic carbocycles. The van der Waals surface area contributed by atoms with Crippen molar-refractivity contribution in [1.82, 2.24) is 5.32 Å². The lowest BCUT2D eigenvalue weighted by atomic mass is 9.96. The summed E-state index contributed by atoms with van der Waals surface area (Å²) in [5, 5.41) is 3.68. The van der Waals surface area contributed by atoms with Crippen molar-refractivity contribution in [3.8, 4) is 5.75 Å². The van der Waals surface area contributed by atoms with Crippen LogP contribution in [0.25, 0.3) is 0 Å². The Kier molecular flexibility index (Phi) is 6.52. The number of methoxy groups -OCH3 is 1. The molecule has 1 N–H and O–H groups in total. The highest BCUT2D eigenvalue weighted by Gasteiger charge is 2.20. The Morgan fingerprint density at radius 1 is 1.43 bits per heavy atom. The Morgan fingerprint density at radius 3 is 2.95 bits per heavy atom. The van der Waals surface area contributed by atoms with Crippen LogP contribution in [0.1, 0.15) is 56.2 Å². The van der Waals surface area contributed by atoms with Crippen LogP contribution in [-0.2, 0) is 4.74 Å². The fourth-order valence-electron chi connectivity index (χ4n) is 3.04. The molecule has 2 unspecified atom stereocenters. The van der Waals surface area contributed by atoms with Crippen molar-refractivity contribution in [2.24, 2.45) is 0 Å². The molecule has 0 saturated carbocycles. The maximum atomic E-state index is 5.76. The molecule has 2 atom stereocenters. The minimum absolute atomic E-state index is 0.351. The van der Waals surface area contributed by atoms with Gasteiger partial charge in [-0.1, -0.05) is 24.6 Å². The number of hydrogen-bond donors (Lipinski definition) is 1. The van der Waals surface area contributed by atoms with Crippen molar-refractivity contribution in [2.45, 2.75) is 58.1 Å². The highest BCUT2D eigenvalue weighted by molar-refractivity contribution is 5.39. The molecule has 1 aromatic rings. The largest absolute Gasteiger partial charge is 0.496 e. The fraction of sp³-hybridized carbons (Fsp3) is 0.667. The molecule has 0 spiro atoms. The molecule has 0 amide bonds. The molecule has 21 heavy (non-hydrogen) atoms. The van der Waals surface area contributed by atoms with E-state index in [4.69, 9.17) is 9.47 Å². The van der Waals surface area contributed by atoms with Gasteiger partial charge in [0, 0.05) is 18.2 Å². The van der Waals surface area contributed by atoms with Gasteiger partial charge in [-0.05, 0) is 51.6 Å². The Hall–Kier alpha value is -1.06. The van der Waals surface area contributed by atoms with Crippen molar-refractivity contribution in [1.29, 1.82) is 0 Å². The molecular weight excluding hydrogens is 262 g/mol. The first-order chi connectivity index (χ1) is 10.2. The summed E-state index contributed by atoms with van der Waals surface area (Å²) >= 11 is 0. The summed E-state index contributed by atoms with van der Waals surface area (Å²) < 4.78 is 11.3. The van der Waals surface area contributed by atoms with E-state index in [2.05, 4.69) is 37.4 Å². The van der Waals surface area contributed by atoms with Crippen molar-refractivity contribution in [3.05, 3.63) is 29.3 Å². The van der Waals surface area contributed by atoms with E-state index in [0.29, 0.717) is 12.1 Å². The maximum absolute atomic E-state index is 5.76. The zero-order chi connectivity index (χ0) is 15.1. The average Bonchev–Trinajstić information content (AvgIpc) is 3.01. The number of nitrogens with one attached hydrogen (secondary N) is 1. The summed E-state index contributed by atoms with van der Waals surface area (Å²) in [6.07, 6.45) is 6.25. The smallest absolute Gasteiger partial charge is 0.123 e. The predicted octanol–water partition coefficient (Wildman–Crippen LogP) is 4.00. The van der Waals surface area contributed by atoms with Crippen LogP contribution in [0.2, 0.25) is 0 Å². The lowest BCUT2D eigenvalue weighted by Crippen LogP contribution is -2.24. The van der Waals surface area contributed by atoms with E-state index >= 15 is 0 Å². The first-order valence-electron chi connectivity index (χ1n) is 8.24. The van der Waals surface area contributed by atoms with Crippen LogP contribution in [0.3, 0.4) is 0 Å². The van der Waals surface area contributed by atoms with Crippen LogP contribution in [0.15, 0.2) is 18.2 Å². The quantitative estimate of drug-likeness (QED) is 0.785. The predicted molar refractivity (Wildman–Crippen MR) is 87.0 cm³/mol. The number of aryl methyl sites for hydroxylation is 1. The van der Waals surface area contributed by atoms with Crippen LogP contribution in [0.5, 0.6) is 5.75 Å². The third-order valence-corrected chi connectivity index (χ3v) is 4.20. The highest BCUT2D eigenvalue weighted by Crippen LogP contribution is 2.31. The number of ether oxygens (including phenoxy) is 2. The Bertz CT molecular complexity index is 427. The lowest BCUT2D eigenvalue weighted by molar-refractivity contribution is 0.0995. The molecule has 118 valence electrons. The minimum atomic E-state index is 0.351. The van der Waals surface area contributed by atoms with Crippen molar-refractivity contribution >= 4 is 0 Å². The topological polar surface area (TPSA) is 30.5 Å². The van der Waals surface area contributed by atoms with E-state index in [-0.39, 0.29) is 0 Å². The Labute approximate surface area is 129 Å². The maximum Gasteiger partial charge on any atom is 0.123 e. The standard InChI is InChI=1S/C18H29NO2/c1-4-11-19-17(9-8-15-6-5-12-21-15)16-13-14(2)7-10-18(16)20-3/h7,10,13,15,17,19H,4-6,8-9,11-12H2,1-3H3. The Balaban J connectivity index is 2.08. The molecule has 1 aliphatic rings. The summed E-state index contributed by atoms with van der Waals surface area (Å²) in [6, 6.07) is 6.79. The molecule has 3 heteroatoms. The van der Waals surface area contributed by atoms with Crippen LogP contribution in [0.4, 0.5) is 0 Å². The fourth-order valence-corrected chi connectivity index (χ4v) is 3.04. The van der Waals surface area contributed by atoms with Gasteiger partial charge in [-0.15, -0.1) is 0 Å². The van der Waals surface area contributed by atoms with Crippen LogP contribution in [-0.4, -0.2) is 26.4 Å². The summed E-state index contributed by atoms with van der Waals surface area (Å²) in [6.45, 7) is 6.32. The molecule has 0 bridgehead atoms. The molecular formula is C18H29NO2. The van der Waals surface area contributed by atoms with Crippen molar-refractivity contribution < 1.29 is 9.47 Å². The highest BCUT2D eigenvalue weighted by atomic mass is 16.5. The molecule has 1 fully saturated rings. The summed E-state index contributed by atoms with van der Waals surface area (Å²) in [7, 11) is 1.76. The molecule has 1 aliphatic heterocycles. The van der Waals surface area contributed by atoms with E-state index in [9.17, 15) is 0 Å². The van der Waals surface area contributed by atoms with Gasteiger partial charge in [-0.25, -0.2) is 0 Å². The van der Waals surface area contributed by atoms with Gasteiger partial charge in [0.05, 0.1) is 13.2 Å². The summed E-state index contributed by atoms with van der Waals surface area (Å²) in [5.74, 6) is 0.988. The van der Waals surface area contributed by atoms with Gasteiger partial charge in [0.25, 0.3) is 0 Å². The molecule has 0 radical (unpaired) electrons. The van der Waals surface area contributed by atoms with E-state index in [0.717, 1.165) is 38.2 Å². The van der Waals surface area contributed by atoms with Crippen LogP contribution < -0.4 is 10.1 Å². The average molecular weight is 291 g/mol. The van der Waals surface area contributed by atoms with Crippen LogP contribution >= 0.6 is 0 Å². The van der Waals surface area contributed by atoms with Crippen molar-refractivity contribution in [3.63, 3.8) is 0 Å². The molecule has 1 heterocycles. The third kappa shape index (κ3) is 4.72. The van der Waals surface area contributed by atoms with Gasteiger partial charge in [-0.3, -0.25) is 0 Å². The second kappa shape index (κ2) is 8.40. The van der Waals surface area contributed by atoms with E-state index < -0.39 is 0 Å². The first-order valence-corrected chi connectivity index (χ1v) is 8.24.